The lowest BCUT2D eigenvalue weighted by Gasteiger charge is -2.36. The highest BCUT2D eigenvalue weighted by atomic mass is 16.4. The molecule has 120 valence electrons. The van der Waals surface area contributed by atoms with Crippen molar-refractivity contribution in [1.82, 2.24) is 4.90 Å². The van der Waals surface area contributed by atoms with Crippen molar-refractivity contribution < 1.29 is 14.3 Å². The zero-order valence-corrected chi connectivity index (χ0v) is 13.3. The van der Waals surface area contributed by atoms with Gasteiger partial charge in [0, 0.05) is 11.6 Å². The summed E-state index contributed by atoms with van der Waals surface area (Å²) in [5, 5.41) is 21.7. The number of amides is 1. The lowest BCUT2D eigenvalue weighted by Crippen LogP contribution is -2.48. The van der Waals surface area contributed by atoms with Gasteiger partial charge in [0.25, 0.3) is 0 Å². The highest BCUT2D eigenvalue weighted by Crippen LogP contribution is 2.25. The molecule has 1 aliphatic heterocycles. The van der Waals surface area contributed by atoms with Crippen molar-refractivity contribution in [3.05, 3.63) is 16.9 Å². The van der Waals surface area contributed by atoms with Gasteiger partial charge in [-0.05, 0) is 40.2 Å². The van der Waals surface area contributed by atoms with Crippen molar-refractivity contribution in [3.63, 3.8) is 0 Å². The number of rotatable bonds is 4. The molecule has 0 radical (unpaired) electrons. The highest BCUT2D eigenvalue weighted by molar-refractivity contribution is 5.92. The minimum atomic E-state index is -0.462. The molecule has 1 aromatic rings. The second-order valence-corrected chi connectivity index (χ2v) is 5.92. The summed E-state index contributed by atoms with van der Waals surface area (Å²) in [5.74, 6) is 0.623. The van der Waals surface area contributed by atoms with Crippen LogP contribution in [0.1, 0.15) is 43.1 Å². The van der Waals surface area contributed by atoms with Crippen molar-refractivity contribution in [2.24, 2.45) is 0 Å². The van der Waals surface area contributed by atoms with Gasteiger partial charge in [-0.3, -0.25) is 15.0 Å². The Morgan fingerprint density at radius 1 is 1.55 bits per heavy atom. The van der Waals surface area contributed by atoms with E-state index in [2.05, 4.69) is 11.4 Å². The molecule has 0 bridgehead atoms. The predicted octanol–water partition coefficient (Wildman–Crippen LogP) is 1.94. The molecule has 22 heavy (non-hydrogen) atoms. The highest BCUT2D eigenvalue weighted by Gasteiger charge is 2.28. The van der Waals surface area contributed by atoms with Crippen LogP contribution in [0.3, 0.4) is 0 Å². The van der Waals surface area contributed by atoms with Crippen molar-refractivity contribution in [2.75, 3.05) is 18.4 Å². The summed E-state index contributed by atoms with van der Waals surface area (Å²) in [6.07, 6.45) is 2.53. The van der Waals surface area contributed by atoms with Gasteiger partial charge < -0.3 is 9.52 Å². The van der Waals surface area contributed by atoms with Crippen molar-refractivity contribution in [1.29, 1.82) is 5.26 Å². The Morgan fingerprint density at radius 2 is 2.27 bits per heavy atom. The van der Waals surface area contributed by atoms with Crippen LogP contribution in [0.2, 0.25) is 0 Å². The standard InChI is InChI=1S/C16H23N3O3/c1-10-12(3)22-16(13(10)8-17)18-15(21)9-19-7-5-4-6-14(19)11(2)20/h11,14,20H,4-7,9H2,1-3H3,(H,18,21). The number of carbonyl (C=O) groups excluding carboxylic acids is 1. The van der Waals surface area contributed by atoms with E-state index in [9.17, 15) is 9.90 Å². The second-order valence-electron chi connectivity index (χ2n) is 5.92. The Bertz CT molecular complexity index is 586. The topological polar surface area (TPSA) is 89.5 Å². The van der Waals surface area contributed by atoms with E-state index in [0.717, 1.165) is 31.4 Å². The summed E-state index contributed by atoms with van der Waals surface area (Å²) < 4.78 is 5.45. The molecule has 2 heterocycles. The minimum Gasteiger partial charge on any atom is -0.444 e. The van der Waals surface area contributed by atoms with E-state index in [1.54, 1.807) is 20.8 Å². The maximum Gasteiger partial charge on any atom is 0.240 e. The maximum absolute atomic E-state index is 12.2. The fourth-order valence-electron chi connectivity index (χ4n) is 2.96. The van der Waals surface area contributed by atoms with Crippen LogP contribution >= 0.6 is 0 Å². The third kappa shape index (κ3) is 3.49. The quantitative estimate of drug-likeness (QED) is 0.887. The summed E-state index contributed by atoms with van der Waals surface area (Å²) in [5.41, 5.74) is 1.12. The summed E-state index contributed by atoms with van der Waals surface area (Å²) in [6.45, 7) is 6.30. The number of aryl methyl sites for hydroxylation is 1. The van der Waals surface area contributed by atoms with Crippen molar-refractivity contribution in [3.8, 4) is 6.07 Å². The Kier molecular flexibility index (Phi) is 5.22. The van der Waals surface area contributed by atoms with E-state index in [0.29, 0.717) is 11.3 Å². The first-order chi connectivity index (χ1) is 10.4. The third-order valence-corrected chi connectivity index (χ3v) is 4.32. The maximum atomic E-state index is 12.2. The molecule has 2 unspecified atom stereocenters. The number of likely N-dealkylation sites (tertiary alicyclic amines) is 1. The summed E-state index contributed by atoms with van der Waals surface area (Å²) in [7, 11) is 0. The molecule has 2 rings (SSSR count). The van der Waals surface area contributed by atoms with Gasteiger partial charge in [-0.15, -0.1) is 0 Å². The van der Waals surface area contributed by atoms with Gasteiger partial charge in [-0.1, -0.05) is 6.42 Å². The number of hydrogen-bond acceptors (Lipinski definition) is 5. The molecule has 1 fully saturated rings. The molecule has 1 aliphatic rings. The molecule has 6 nitrogen and oxygen atoms in total. The van der Waals surface area contributed by atoms with Gasteiger partial charge in [-0.25, -0.2) is 0 Å². The van der Waals surface area contributed by atoms with Gasteiger partial charge in [0.15, 0.2) is 0 Å². The molecule has 0 aromatic carbocycles. The van der Waals surface area contributed by atoms with Crippen LogP contribution in [0.5, 0.6) is 0 Å². The number of carbonyl (C=O) groups is 1. The van der Waals surface area contributed by atoms with Gasteiger partial charge in [0.05, 0.1) is 12.6 Å². The van der Waals surface area contributed by atoms with Crippen LogP contribution in [0.25, 0.3) is 0 Å². The van der Waals surface area contributed by atoms with Crippen LogP contribution in [0, 0.1) is 25.2 Å². The monoisotopic (exact) mass is 305 g/mol. The van der Waals surface area contributed by atoms with Crippen LogP contribution in [0.15, 0.2) is 4.42 Å². The molecule has 1 saturated heterocycles. The van der Waals surface area contributed by atoms with Gasteiger partial charge in [-0.2, -0.15) is 5.26 Å². The van der Waals surface area contributed by atoms with E-state index >= 15 is 0 Å². The van der Waals surface area contributed by atoms with E-state index in [-0.39, 0.29) is 24.4 Å². The van der Waals surface area contributed by atoms with Gasteiger partial charge >= 0.3 is 0 Å². The smallest absolute Gasteiger partial charge is 0.240 e. The number of nitrogens with zero attached hydrogens (tertiary/aromatic N) is 2. The number of anilines is 1. The largest absolute Gasteiger partial charge is 0.444 e. The number of furan rings is 1. The molecule has 6 heteroatoms. The van der Waals surface area contributed by atoms with Crippen LogP contribution in [-0.2, 0) is 4.79 Å². The SMILES string of the molecule is Cc1oc(NC(=O)CN2CCCCC2C(C)O)c(C#N)c1C. The van der Waals surface area contributed by atoms with Crippen molar-refractivity contribution >= 4 is 11.8 Å². The number of nitrogens with one attached hydrogen (secondary N) is 1. The minimum absolute atomic E-state index is 0.00927. The molecule has 1 aromatic heterocycles. The summed E-state index contributed by atoms with van der Waals surface area (Å²) in [6, 6.07) is 2.07. The normalized spacial score (nSPS) is 20.4. The lowest BCUT2D eigenvalue weighted by atomic mass is 9.98. The molecule has 0 saturated carbocycles. The molecule has 0 aliphatic carbocycles. The van der Waals surface area contributed by atoms with Crippen LogP contribution in [0.4, 0.5) is 5.88 Å². The Balaban J connectivity index is 2.04. The average molecular weight is 305 g/mol. The molecule has 2 N–H and O–H groups in total. The molecular formula is C16H23N3O3. The fraction of sp³-hybridized carbons (Fsp3) is 0.625. The lowest BCUT2D eigenvalue weighted by molar-refractivity contribution is -0.119. The predicted molar refractivity (Wildman–Crippen MR) is 82.4 cm³/mol. The number of aliphatic hydroxyl groups excluding tert-OH is 1. The van der Waals surface area contributed by atoms with E-state index in [4.69, 9.17) is 9.68 Å². The number of piperidine rings is 1. The third-order valence-electron chi connectivity index (χ3n) is 4.32. The molecular weight excluding hydrogens is 282 g/mol. The first-order valence-corrected chi connectivity index (χ1v) is 7.66. The number of aliphatic hydroxyl groups is 1. The zero-order chi connectivity index (χ0) is 16.3. The van der Waals surface area contributed by atoms with Crippen LogP contribution in [-0.4, -0.2) is 41.1 Å². The molecule has 1 amide bonds. The van der Waals surface area contributed by atoms with E-state index in [1.807, 2.05) is 4.90 Å². The Morgan fingerprint density at radius 3 is 2.91 bits per heavy atom. The van der Waals surface area contributed by atoms with Gasteiger partial charge in [0.1, 0.15) is 17.4 Å². The molecule has 2 atom stereocenters. The average Bonchev–Trinajstić information content (AvgIpc) is 2.73. The Labute approximate surface area is 130 Å². The summed E-state index contributed by atoms with van der Waals surface area (Å²) in [4.78, 5) is 14.2. The van der Waals surface area contributed by atoms with E-state index < -0.39 is 6.10 Å². The number of hydrogen-bond donors (Lipinski definition) is 2. The first kappa shape index (κ1) is 16.5. The summed E-state index contributed by atoms with van der Waals surface area (Å²) >= 11 is 0. The number of nitriles is 1. The zero-order valence-electron chi connectivity index (χ0n) is 13.3. The Hall–Kier alpha value is -1.84. The fourth-order valence-corrected chi connectivity index (χ4v) is 2.96. The molecule has 0 spiro atoms. The second kappa shape index (κ2) is 6.95. The van der Waals surface area contributed by atoms with Crippen LogP contribution < -0.4 is 5.32 Å². The van der Waals surface area contributed by atoms with Crippen molar-refractivity contribution in [2.45, 2.75) is 52.2 Å². The van der Waals surface area contributed by atoms with Gasteiger partial charge in [0.2, 0.25) is 11.8 Å². The first-order valence-electron chi connectivity index (χ1n) is 7.66. The van der Waals surface area contributed by atoms with E-state index in [1.165, 1.54) is 0 Å².